The number of nitrogens with one attached hydrogen (secondary N) is 1. The molecule has 3 rings (SSSR count). The smallest absolute Gasteiger partial charge is 0.317 e. The van der Waals surface area contributed by atoms with E-state index < -0.39 is 0 Å². The number of urea groups is 1. The molecule has 0 aromatic heterocycles. The summed E-state index contributed by atoms with van der Waals surface area (Å²) in [6.07, 6.45) is 3.54. The minimum Gasteiger partial charge on any atom is -0.333 e. The van der Waals surface area contributed by atoms with E-state index >= 15 is 0 Å². The molecule has 0 bridgehead atoms. The minimum atomic E-state index is -0.328. The van der Waals surface area contributed by atoms with E-state index in [-0.39, 0.29) is 30.2 Å². The van der Waals surface area contributed by atoms with Gasteiger partial charge in [-0.05, 0) is 43.5 Å². The monoisotopic (exact) mass is 305 g/mol. The van der Waals surface area contributed by atoms with Gasteiger partial charge in [-0.1, -0.05) is 0 Å². The van der Waals surface area contributed by atoms with Crippen LogP contribution in [0.3, 0.4) is 0 Å². The van der Waals surface area contributed by atoms with Gasteiger partial charge >= 0.3 is 6.03 Å². The van der Waals surface area contributed by atoms with Crippen molar-refractivity contribution in [3.8, 4) is 0 Å². The fourth-order valence-corrected chi connectivity index (χ4v) is 3.04. The summed E-state index contributed by atoms with van der Waals surface area (Å²) in [5, 5.41) is 2.94. The van der Waals surface area contributed by atoms with Crippen LogP contribution in [0.1, 0.15) is 25.7 Å². The van der Waals surface area contributed by atoms with Crippen LogP contribution < -0.4 is 10.2 Å². The molecule has 0 saturated carbocycles. The SMILES string of the molecule is O=C(N[C@@H]1CC(=O)N(c2ccc(F)cc2)C1)N1CCCCC1. The Balaban J connectivity index is 1.59. The van der Waals surface area contributed by atoms with Gasteiger partial charge in [0.25, 0.3) is 0 Å². The van der Waals surface area contributed by atoms with Crippen LogP contribution in [0.4, 0.5) is 14.9 Å². The molecular weight excluding hydrogens is 285 g/mol. The molecule has 0 aliphatic carbocycles. The third kappa shape index (κ3) is 3.21. The number of likely N-dealkylation sites (tertiary alicyclic amines) is 1. The molecule has 22 heavy (non-hydrogen) atoms. The highest BCUT2D eigenvalue weighted by molar-refractivity contribution is 5.96. The summed E-state index contributed by atoms with van der Waals surface area (Å²) in [5.41, 5.74) is 0.668. The highest BCUT2D eigenvalue weighted by Crippen LogP contribution is 2.22. The Hall–Kier alpha value is -2.11. The Bertz CT molecular complexity index is 555. The molecule has 0 radical (unpaired) electrons. The Morgan fingerprint density at radius 2 is 1.82 bits per heavy atom. The third-order valence-electron chi connectivity index (χ3n) is 4.23. The number of piperidine rings is 1. The second kappa shape index (κ2) is 6.34. The highest BCUT2D eigenvalue weighted by Gasteiger charge is 2.32. The van der Waals surface area contributed by atoms with Crippen LogP contribution in [-0.2, 0) is 4.79 Å². The second-order valence-corrected chi connectivity index (χ2v) is 5.88. The number of carbonyl (C=O) groups is 2. The number of anilines is 1. The molecule has 1 atom stereocenters. The van der Waals surface area contributed by atoms with Gasteiger partial charge in [-0.2, -0.15) is 0 Å². The molecule has 1 aromatic carbocycles. The zero-order valence-electron chi connectivity index (χ0n) is 12.4. The zero-order chi connectivity index (χ0) is 15.5. The molecule has 6 heteroatoms. The van der Waals surface area contributed by atoms with E-state index in [0.29, 0.717) is 12.2 Å². The summed E-state index contributed by atoms with van der Waals surface area (Å²) < 4.78 is 13.0. The van der Waals surface area contributed by atoms with Gasteiger partial charge in [0.2, 0.25) is 5.91 Å². The number of hydrogen-bond donors (Lipinski definition) is 1. The summed E-state index contributed by atoms with van der Waals surface area (Å²) in [4.78, 5) is 27.7. The van der Waals surface area contributed by atoms with Crippen molar-refractivity contribution >= 4 is 17.6 Å². The lowest BCUT2D eigenvalue weighted by atomic mass is 10.1. The number of rotatable bonds is 2. The quantitative estimate of drug-likeness (QED) is 0.910. The lowest BCUT2D eigenvalue weighted by Crippen LogP contribution is -2.47. The average Bonchev–Trinajstić information content (AvgIpc) is 2.89. The van der Waals surface area contributed by atoms with Crippen LogP contribution >= 0.6 is 0 Å². The topological polar surface area (TPSA) is 52.7 Å². The number of benzene rings is 1. The van der Waals surface area contributed by atoms with Crippen molar-refractivity contribution in [3.63, 3.8) is 0 Å². The van der Waals surface area contributed by atoms with E-state index in [1.807, 2.05) is 4.90 Å². The van der Waals surface area contributed by atoms with Crippen molar-refractivity contribution < 1.29 is 14.0 Å². The Labute approximate surface area is 129 Å². The van der Waals surface area contributed by atoms with Crippen LogP contribution in [0, 0.1) is 5.82 Å². The Kier molecular flexibility index (Phi) is 4.27. The fraction of sp³-hybridized carbons (Fsp3) is 0.500. The lowest BCUT2D eigenvalue weighted by molar-refractivity contribution is -0.117. The van der Waals surface area contributed by atoms with Gasteiger partial charge in [-0.15, -0.1) is 0 Å². The van der Waals surface area contributed by atoms with Gasteiger partial charge in [0.15, 0.2) is 0 Å². The first-order chi connectivity index (χ1) is 10.6. The molecule has 118 valence electrons. The van der Waals surface area contributed by atoms with Gasteiger partial charge in [-0.3, -0.25) is 4.79 Å². The molecule has 2 aliphatic rings. The zero-order valence-corrected chi connectivity index (χ0v) is 12.4. The molecule has 2 saturated heterocycles. The van der Waals surface area contributed by atoms with Crippen molar-refractivity contribution in [1.82, 2.24) is 10.2 Å². The molecule has 0 spiro atoms. The number of halogens is 1. The molecule has 2 fully saturated rings. The van der Waals surface area contributed by atoms with E-state index in [4.69, 9.17) is 0 Å². The van der Waals surface area contributed by atoms with Crippen LogP contribution in [0.2, 0.25) is 0 Å². The van der Waals surface area contributed by atoms with Crippen LogP contribution in [0.15, 0.2) is 24.3 Å². The summed E-state index contributed by atoms with van der Waals surface area (Å²) in [6, 6.07) is 5.57. The predicted molar refractivity (Wildman–Crippen MR) is 81.1 cm³/mol. The van der Waals surface area contributed by atoms with Crippen molar-refractivity contribution in [2.75, 3.05) is 24.5 Å². The molecule has 2 aliphatic heterocycles. The largest absolute Gasteiger partial charge is 0.333 e. The first-order valence-corrected chi connectivity index (χ1v) is 7.75. The summed E-state index contributed by atoms with van der Waals surface area (Å²) in [7, 11) is 0. The van der Waals surface area contributed by atoms with E-state index in [2.05, 4.69) is 5.32 Å². The molecule has 2 heterocycles. The number of amides is 3. The highest BCUT2D eigenvalue weighted by atomic mass is 19.1. The van der Waals surface area contributed by atoms with E-state index in [1.54, 1.807) is 17.0 Å². The lowest BCUT2D eigenvalue weighted by Gasteiger charge is -2.28. The summed E-state index contributed by atoms with van der Waals surface area (Å²) in [6.45, 7) is 2.01. The second-order valence-electron chi connectivity index (χ2n) is 5.88. The minimum absolute atomic E-state index is 0.0458. The van der Waals surface area contributed by atoms with E-state index in [9.17, 15) is 14.0 Å². The Morgan fingerprint density at radius 1 is 1.14 bits per heavy atom. The van der Waals surface area contributed by atoms with Crippen molar-refractivity contribution in [3.05, 3.63) is 30.1 Å². The van der Waals surface area contributed by atoms with Crippen molar-refractivity contribution in [2.45, 2.75) is 31.7 Å². The standard InChI is InChI=1S/C16H20FN3O2/c17-12-4-6-14(7-5-12)20-11-13(10-15(20)21)18-16(22)19-8-2-1-3-9-19/h4-7,13H,1-3,8-11H2,(H,18,22)/t13-/m1/s1. The molecule has 1 aromatic rings. The molecule has 0 unspecified atom stereocenters. The van der Waals surface area contributed by atoms with Gasteiger partial charge < -0.3 is 15.1 Å². The maximum atomic E-state index is 13.0. The fourth-order valence-electron chi connectivity index (χ4n) is 3.04. The molecule has 1 N–H and O–H groups in total. The maximum Gasteiger partial charge on any atom is 0.317 e. The van der Waals surface area contributed by atoms with E-state index in [1.165, 1.54) is 18.6 Å². The van der Waals surface area contributed by atoms with Gasteiger partial charge in [0.1, 0.15) is 5.82 Å². The predicted octanol–water partition coefficient (Wildman–Crippen LogP) is 2.13. The van der Waals surface area contributed by atoms with Crippen LogP contribution in [0.25, 0.3) is 0 Å². The van der Waals surface area contributed by atoms with Gasteiger partial charge in [0.05, 0.1) is 6.04 Å². The van der Waals surface area contributed by atoms with E-state index in [0.717, 1.165) is 25.9 Å². The van der Waals surface area contributed by atoms with Crippen LogP contribution in [-0.4, -0.2) is 42.5 Å². The van der Waals surface area contributed by atoms with Crippen LogP contribution in [0.5, 0.6) is 0 Å². The summed E-state index contributed by atoms with van der Waals surface area (Å²) >= 11 is 0. The number of nitrogens with zero attached hydrogens (tertiary/aromatic N) is 2. The normalized spacial score (nSPS) is 22.0. The first-order valence-electron chi connectivity index (χ1n) is 7.75. The third-order valence-corrected chi connectivity index (χ3v) is 4.23. The summed E-state index contributed by atoms with van der Waals surface area (Å²) in [5.74, 6) is -0.374. The van der Waals surface area contributed by atoms with Crippen molar-refractivity contribution in [2.24, 2.45) is 0 Å². The number of hydrogen-bond acceptors (Lipinski definition) is 2. The molecule has 3 amide bonds. The molecule has 5 nitrogen and oxygen atoms in total. The first kappa shape index (κ1) is 14.8. The number of carbonyl (C=O) groups excluding carboxylic acids is 2. The average molecular weight is 305 g/mol. The maximum absolute atomic E-state index is 13.0. The molecular formula is C16H20FN3O2. The van der Waals surface area contributed by atoms with Gasteiger partial charge in [0, 0.05) is 31.7 Å². The van der Waals surface area contributed by atoms with Gasteiger partial charge in [-0.25, -0.2) is 9.18 Å². The Morgan fingerprint density at radius 3 is 2.50 bits per heavy atom. The van der Waals surface area contributed by atoms with Crippen molar-refractivity contribution in [1.29, 1.82) is 0 Å².